The lowest BCUT2D eigenvalue weighted by Crippen LogP contribution is -2.27. The standard InChI is InChI=1S/C14H23NO2S/c1-4-17-13-8-6-7-12(14(13)16)9-15-11(3)10-18-5-2/h6-8,11,15-16H,4-5,9-10H2,1-3H3. The molecular weight excluding hydrogens is 246 g/mol. The highest BCUT2D eigenvalue weighted by Crippen LogP contribution is 2.29. The Labute approximate surface area is 114 Å². The number of para-hydroxylation sites is 1. The van der Waals surface area contributed by atoms with Crippen LogP contribution in [0.4, 0.5) is 0 Å². The summed E-state index contributed by atoms with van der Waals surface area (Å²) in [6.07, 6.45) is 0. The predicted octanol–water partition coefficient (Wildman–Crippen LogP) is 3.02. The maximum absolute atomic E-state index is 10.0. The van der Waals surface area contributed by atoms with Gasteiger partial charge >= 0.3 is 0 Å². The lowest BCUT2D eigenvalue weighted by Gasteiger charge is -2.15. The van der Waals surface area contributed by atoms with Gasteiger partial charge in [-0.2, -0.15) is 11.8 Å². The molecule has 0 aliphatic carbocycles. The van der Waals surface area contributed by atoms with E-state index in [0.717, 1.165) is 17.1 Å². The van der Waals surface area contributed by atoms with E-state index in [1.165, 1.54) is 0 Å². The van der Waals surface area contributed by atoms with E-state index >= 15 is 0 Å². The van der Waals surface area contributed by atoms with Gasteiger partial charge in [-0.3, -0.25) is 0 Å². The Kier molecular flexibility index (Phi) is 6.98. The lowest BCUT2D eigenvalue weighted by molar-refractivity contribution is 0.316. The maximum Gasteiger partial charge on any atom is 0.162 e. The molecule has 1 atom stereocenters. The number of phenols is 1. The van der Waals surface area contributed by atoms with Gasteiger partial charge in [-0.1, -0.05) is 19.1 Å². The van der Waals surface area contributed by atoms with Gasteiger partial charge in [0.1, 0.15) is 0 Å². The molecule has 0 saturated carbocycles. The maximum atomic E-state index is 10.0. The van der Waals surface area contributed by atoms with Gasteiger partial charge in [-0.15, -0.1) is 0 Å². The monoisotopic (exact) mass is 269 g/mol. The van der Waals surface area contributed by atoms with Gasteiger partial charge in [-0.05, 0) is 25.7 Å². The van der Waals surface area contributed by atoms with E-state index in [2.05, 4.69) is 19.2 Å². The third-order valence-electron chi connectivity index (χ3n) is 2.60. The largest absolute Gasteiger partial charge is 0.504 e. The molecular formula is C14H23NO2S. The molecule has 0 heterocycles. The van der Waals surface area contributed by atoms with Crippen molar-refractivity contribution in [3.8, 4) is 11.5 Å². The molecule has 0 radical (unpaired) electrons. The fraction of sp³-hybridized carbons (Fsp3) is 0.571. The first-order valence-corrected chi connectivity index (χ1v) is 7.59. The highest BCUT2D eigenvalue weighted by atomic mass is 32.2. The molecule has 0 fully saturated rings. The molecule has 0 spiro atoms. The minimum absolute atomic E-state index is 0.252. The molecule has 1 rings (SSSR count). The minimum atomic E-state index is 0.252. The summed E-state index contributed by atoms with van der Waals surface area (Å²) in [7, 11) is 0. The van der Waals surface area contributed by atoms with E-state index in [4.69, 9.17) is 4.74 Å². The second-order valence-electron chi connectivity index (χ2n) is 4.14. The minimum Gasteiger partial charge on any atom is -0.504 e. The lowest BCUT2D eigenvalue weighted by atomic mass is 10.1. The second kappa shape index (κ2) is 8.27. The van der Waals surface area contributed by atoms with E-state index in [9.17, 15) is 5.11 Å². The van der Waals surface area contributed by atoms with E-state index in [1.54, 1.807) is 6.07 Å². The van der Waals surface area contributed by atoms with E-state index in [-0.39, 0.29) is 5.75 Å². The van der Waals surface area contributed by atoms with Crippen molar-refractivity contribution in [2.45, 2.75) is 33.4 Å². The van der Waals surface area contributed by atoms with Crippen LogP contribution in [0.1, 0.15) is 26.3 Å². The van der Waals surface area contributed by atoms with Gasteiger partial charge in [0, 0.05) is 23.9 Å². The number of phenolic OH excluding ortho intramolecular Hbond substituents is 1. The van der Waals surface area contributed by atoms with Crippen LogP contribution in [-0.2, 0) is 6.54 Å². The van der Waals surface area contributed by atoms with Crippen LogP contribution in [0.3, 0.4) is 0 Å². The highest BCUT2D eigenvalue weighted by molar-refractivity contribution is 7.99. The fourth-order valence-electron chi connectivity index (χ4n) is 1.62. The zero-order chi connectivity index (χ0) is 13.4. The number of benzene rings is 1. The highest BCUT2D eigenvalue weighted by Gasteiger charge is 2.08. The molecule has 0 aliphatic heterocycles. The quantitative estimate of drug-likeness (QED) is 0.761. The van der Waals surface area contributed by atoms with Crippen molar-refractivity contribution in [1.82, 2.24) is 5.32 Å². The Morgan fingerprint density at radius 3 is 2.83 bits per heavy atom. The zero-order valence-electron chi connectivity index (χ0n) is 11.4. The van der Waals surface area contributed by atoms with Crippen molar-refractivity contribution in [3.63, 3.8) is 0 Å². The second-order valence-corrected chi connectivity index (χ2v) is 5.46. The van der Waals surface area contributed by atoms with Crippen LogP contribution in [0, 0.1) is 0 Å². The van der Waals surface area contributed by atoms with Crippen LogP contribution >= 0.6 is 11.8 Å². The molecule has 0 aromatic heterocycles. The SMILES string of the molecule is CCOc1cccc(CNC(C)CSCC)c1O. The van der Waals surface area contributed by atoms with Crippen molar-refractivity contribution in [2.75, 3.05) is 18.1 Å². The van der Waals surface area contributed by atoms with Crippen molar-refractivity contribution in [1.29, 1.82) is 0 Å². The van der Waals surface area contributed by atoms with Crippen LogP contribution < -0.4 is 10.1 Å². The van der Waals surface area contributed by atoms with Gasteiger partial charge in [0.25, 0.3) is 0 Å². The van der Waals surface area contributed by atoms with Crippen molar-refractivity contribution >= 4 is 11.8 Å². The zero-order valence-corrected chi connectivity index (χ0v) is 12.2. The smallest absolute Gasteiger partial charge is 0.162 e. The molecule has 0 aliphatic rings. The summed E-state index contributed by atoms with van der Waals surface area (Å²) in [6, 6.07) is 6.06. The Hall–Kier alpha value is -0.870. The summed E-state index contributed by atoms with van der Waals surface area (Å²) in [6.45, 7) is 7.46. The first kappa shape index (κ1) is 15.2. The molecule has 1 aromatic rings. The third-order valence-corrected chi connectivity index (χ3v) is 3.74. The van der Waals surface area contributed by atoms with E-state index < -0.39 is 0 Å². The van der Waals surface area contributed by atoms with Crippen LogP contribution in [0.25, 0.3) is 0 Å². The van der Waals surface area contributed by atoms with Crippen molar-refractivity contribution in [2.24, 2.45) is 0 Å². The van der Waals surface area contributed by atoms with Crippen molar-refractivity contribution in [3.05, 3.63) is 23.8 Å². The van der Waals surface area contributed by atoms with Gasteiger partial charge < -0.3 is 15.2 Å². The Bertz CT molecular complexity index is 358. The first-order chi connectivity index (χ1) is 8.69. The molecule has 1 unspecified atom stereocenters. The number of ether oxygens (including phenoxy) is 1. The summed E-state index contributed by atoms with van der Waals surface area (Å²) in [5.74, 6) is 3.04. The topological polar surface area (TPSA) is 41.5 Å². The number of rotatable bonds is 8. The number of nitrogens with one attached hydrogen (secondary N) is 1. The first-order valence-electron chi connectivity index (χ1n) is 6.43. The van der Waals surface area contributed by atoms with Crippen LogP contribution in [-0.4, -0.2) is 29.3 Å². The normalized spacial score (nSPS) is 12.4. The molecule has 0 amide bonds. The molecule has 1 aromatic carbocycles. The summed E-state index contributed by atoms with van der Waals surface area (Å²) in [5.41, 5.74) is 0.884. The molecule has 18 heavy (non-hydrogen) atoms. The Morgan fingerprint density at radius 2 is 2.17 bits per heavy atom. The fourth-order valence-corrected chi connectivity index (χ4v) is 2.33. The molecule has 102 valence electrons. The van der Waals surface area contributed by atoms with Gasteiger partial charge in [0.05, 0.1) is 6.61 Å². The number of thioether (sulfide) groups is 1. The van der Waals surface area contributed by atoms with E-state index in [0.29, 0.717) is 24.9 Å². The Balaban J connectivity index is 2.54. The average Bonchev–Trinajstić information content (AvgIpc) is 2.37. The molecule has 3 nitrogen and oxygen atoms in total. The summed E-state index contributed by atoms with van der Waals surface area (Å²) < 4.78 is 5.37. The van der Waals surface area contributed by atoms with Gasteiger partial charge in [0.2, 0.25) is 0 Å². The summed E-state index contributed by atoms with van der Waals surface area (Å²) >= 11 is 1.92. The number of aromatic hydroxyl groups is 1. The molecule has 4 heteroatoms. The van der Waals surface area contributed by atoms with Crippen LogP contribution in [0.15, 0.2) is 18.2 Å². The molecule has 0 bridgehead atoms. The number of hydrogen-bond donors (Lipinski definition) is 2. The van der Waals surface area contributed by atoms with Crippen LogP contribution in [0.2, 0.25) is 0 Å². The third kappa shape index (κ3) is 4.78. The summed E-state index contributed by atoms with van der Waals surface area (Å²) in [4.78, 5) is 0. The molecule has 0 saturated heterocycles. The number of hydrogen-bond acceptors (Lipinski definition) is 4. The van der Waals surface area contributed by atoms with Gasteiger partial charge in [0.15, 0.2) is 11.5 Å². The molecule has 2 N–H and O–H groups in total. The Morgan fingerprint density at radius 1 is 1.39 bits per heavy atom. The van der Waals surface area contributed by atoms with Gasteiger partial charge in [-0.25, -0.2) is 0 Å². The van der Waals surface area contributed by atoms with Crippen molar-refractivity contribution < 1.29 is 9.84 Å². The predicted molar refractivity (Wildman–Crippen MR) is 78.6 cm³/mol. The van der Waals surface area contributed by atoms with E-state index in [1.807, 2.05) is 30.8 Å². The average molecular weight is 269 g/mol. The summed E-state index contributed by atoms with van der Waals surface area (Å²) in [5, 5.41) is 13.4. The van der Waals surface area contributed by atoms with Crippen LogP contribution in [0.5, 0.6) is 11.5 Å².